The van der Waals surface area contributed by atoms with E-state index in [2.05, 4.69) is 18.7 Å². The average Bonchev–Trinajstić information content (AvgIpc) is 2.28. The lowest BCUT2D eigenvalue weighted by molar-refractivity contribution is -0.143. The zero-order valence-corrected chi connectivity index (χ0v) is 11.3. The van der Waals surface area contributed by atoms with Crippen molar-refractivity contribution in [3.05, 3.63) is 0 Å². The lowest BCUT2D eigenvalue weighted by atomic mass is 9.90. The highest BCUT2D eigenvalue weighted by Gasteiger charge is 2.32. The molecule has 0 aromatic heterocycles. The SMILES string of the molecule is CCC1CCN(C(C)CC(C)(N)C(=O)O)CC1. The van der Waals surface area contributed by atoms with Crippen LogP contribution < -0.4 is 5.73 Å². The Bertz CT molecular complexity index is 258. The van der Waals surface area contributed by atoms with Crippen LogP contribution in [0.3, 0.4) is 0 Å². The molecule has 1 aliphatic heterocycles. The molecule has 0 amide bonds. The van der Waals surface area contributed by atoms with Crippen LogP contribution in [-0.4, -0.2) is 40.6 Å². The summed E-state index contributed by atoms with van der Waals surface area (Å²) in [5.74, 6) is -0.0602. The highest BCUT2D eigenvalue weighted by Crippen LogP contribution is 2.23. The summed E-state index contributed by atoms with van der Waals surface area (Å²) in [4.78, 5) is 13.4. The fourth-order valence-corrected chi connectivity index (χ4v) is 2.63. The number of piperidine rings is 1. The van der Waals surface area contributed by atoms with E-state index in [0.717, 1.165) is 19.0 Å². The molecule has 1 heterocycles. The second kappa shape index (κ2) is 5.83. The van der Waals surface area contributed by atoms with Gasteiger partial charge in [-0.3, -0.25) is 4.79 Å². The number of nitrogens with two attached hydrogens (primary N) is 1. The lowest BCUT2D eigenvalue weighted by Gasteiger charge is -2.38. The van der Waals surface area contributed by atoms with E-state index in [1.165, 1.54) is 19.3 Å². The molecule has 0 radical (unpaired) electrons. The lowest BCUT2D eigenvalue weighted by Crippen LogP contribution is -2.51. The average molecular weight is 242 g/mol. The van der Waals surface area contributed by atoms with Crippen LogP contribution in [0.4, 0.5) is 0 Å². The van der Waals surface area contributed by atoms with Crippen molar-refractivity contribution in [2.45, 2.75) is 58.0 Å². The molecule has 0 spiro atoms. The highest BCUT2D eigenvalue weighted by atomic mass is 16.4. The number of aliphatic carboxylic acids is 1. The van der Waals surface area contributed by atoms with Crippen molar-refractivity contribution in [3.63, 3.8) is 0 Å². The maximum Gasteiger partial charge on any atom is 0.323 e. The van der Waals surface area contributed by atoms with Crippen molar-refractivity contribution < 1.29 is 9.90 Å². The van der Waals surface area contributed by atoms with E-state index in [1.54, 1.807) is 6.92 Å². The molecule has 0 saturated carbocycles. The zero-order valence-electron chi connectivity index (χ0n) is 11.3. The summed E-state index contributed by atoms with van der Waals surface area (Å²) < 4.78 is 0. The zero-order chi connectivity index (χ0) is 13.1. The van der Waals surface area contributed by atoms with Crippen LogP contribution in [-0.2, 0) is 4.79 Å². The van der Waals surface area contributed by atoms with Gasteiger partial charge in [0.15, 0.2) is 0 Å². The Morgan fingerprint density at radius 3 is 2.47 bits per heavy atom. The third kappa shape index (κ3) is 3.96. The largest absolute Gasteiger partial charge is 0.480 e. The number of carboxylic acids is 1. The van der Waals surface area contributed by atoms with E-state index >= 15 is 0 Å². The van der Waals surface area contributed by atoms with Gasteiger partial charge in [-0.25, -0.2) is 0 Å². The molecule has 17 heavy (non-hydrogen) atoms. The molecule has 2 atom stereocenters. The first-order valence-corrected chi connectivity index (χ1v) is 6.63. The minimum absolute atomic E-state index is 0.249. The van der Waals surface area contributed by atoms with E-state index in [-0.39, 0.29) is 6.04 Å². The Kier molecular flexibility index (Phi) is 4.95. The third-order valence-electron chi connectivity index (χ3n) is 4.06. The van der Waals surface area contributed by atoms with Crippen LogP contribution in [0.5, 0.6) is 0 Å². The minimum atomic E-state index is -1.11. The number of likely N-dealkylation sites (tertiary alicyclic amines) is 1. The molecule has 3 N–H and O–H groups in total. The van der Waals surface area contributed by atoms with Crippen LogP contribution in [0.15, 0.2) is 0 Å². The van der Waals surface area contributed by atoms with Crippen LogP contribution >= 0.6 is 0 Å². The van der Waals surface area contributed by atoms with Gasteiger partial charge in [-0.2, -0.15) is 0 Å². The van der Waals surface area contributed by atoms with Crippen molar-refractivity contribution in [1.82, 2.24) is 4.90 Å². The third-order valence-corrected chi connectivity index (χ3v) is 4.06. The van der Waals surface area contributed by atoms with E-state index < -0.39 is 11.5 Å². The summed E-state index contributed by atoms with van der Waals surface area (Å²) in [6, 6.07) is 0.249. The van der Waals surface area contributed by atoms with Crippen LogP contribution in [0.2, 0.25) is 0 Å². The molecule has 2 unspecified atom stereocenters. The Labute approximate surface area is 104 Å². The van der Waals surface area contributed by atoms with Crippen molar-refractivity contribution in [3.8, 4) is 0 Å². The molecule has 0 aliphatic carbocycles. The maximum absolute atomic E-state index is 11.0. The van der Waals surface area contributed by atoms with E-state index in [1.807, 2.05) is 0 Å². The van der Waals surface area contributed by atoms with Gasteiger partial charge in [0, 0.05) is 6.04 Å². The smallest absolute Gasteiger partial charge is 0.323 e. The minimum Gasteiger partial charge on any atom is -0.480 e. The second-order valence-corrected chi connectivity index (χ2v) is 5.66. The maximum atomic E-state index is 11.0. The number of nitrogens with zero attached hydrogens (tertiary/aromatic N) is 1. The van der Waals surface area contributed by atoms with Gasteiger partial charge in [-0.05, 0) is 52.1 Å². The summed E-state index contributed by atoms with van der Waals surface area (Å²) in [6.07, 6.45) is 4.23. The number of hydrogen-bond acceptors (Lipinski definition) is 3. The fraction of sp³-hybridized carbons (Fsp3) is 0.923. The number of carbonyl (C=O) groups is 1. The van der Waals surface area contributed by atoms with Gasteiger partial charge in [-0.1, -0.05) is 13.3 Å². The molecule has 1 rings (SSSR count). The second-order valence-electron chi connectivity index (χ2n) is 5.66. The number of hydrogen-bond donors (Lipinski definition) is 2. The summed E-state index contributed by atoms with van der Waals surface area (Å²) >= 11 is 0. The van der Waals surface area contributed by atoms with Gasteiger partial charge in [0.05, 0.1) is 0 Å². The molecular formula is C13H26N2O2. The highest BCUT2D eigenvalue weighted by molar-refractivity contribution is 5.77. The first-order chi connectivity index (χ1) is 7.86. The summed E-state index contributed by atoms with van der Waals surface area (Å²) in [6.45, 7) is 8.08. The van der Waals surface area contributed by atoms with Gasteiger partial charge in [0.2, 0.25) is 0 Å². The predicted octanol–water partition coefficient (Wildman–Crippen LogP) is 1.69. The molecule has 1 aliphatic rings. The first-order valence-electron chi connectivity index (χ1n) is 6.63. The van der Waals surface area contributed by atoms with Gasteiger partial charge < -0.3 is 15.7 Å². The Balaban J connectivity index is 2.44. The first kappa shape index (κ1) is 14.5. The molecule has 4 nitrogen and oxygen atoms in total. The van der Waals surface area contributed by atoms with Crippen molar-refractivity contribution >= 4 is 5.97 Å². The van der Waals surface area contributed by atoms with Crippen molar-refractivity contribution in [2.24, 2.45) is 11.7 Å². The summed E-state index contributed by atoms with van der Waals surface area (Å²) in [5, 5.41) is 9.03. The van der Waals surface area contributed by atoms with E-state index in [0.29, 0.717) is 6.42 Å². The van der Waals surface area contributed by atoms with Gasteiger partial charge in [-0.15, -0.1) is 0 Å². The standard InChI is InChI=1S/C13H26N2O2/c1-4-11-5-7-15(8-6-11)10(2)9-13(3,14)12(16)17/h10-11H,4-9,14H2,1-3H3,(H,16,17). The molecule has 100 valence electrons. The molecular weight excluding hydrogens is 216 g/mol. The molecule has 0 bridgehead atoms. The normalized spacial score (nSPS) is 24.2. The van der Waals surface area contributed by atoms with Crippen molar-refractivity contribution in [1.29, 1.82) is 0 Å². The number of carboxylic acid groups (broad SMARTS) is 1. The molecule has 1 saturated heterocycles. The quantitative estimate of drug-likeness (QED) is 0.770. The Morgan fingerprint density at radius 1 is 1.53 bits per heavy atom. The van der Waals surface area contributed by atoms with Gasteiger partial charge in [0.1, 0.15) is 5.54 Å². The van der Waals surface area contributed by atoms with Crippen molar-refractivity contribution in [2.75, 3.05) is 13.1 Å². The monoisotopic (exact) mass is 242 g/mol. The van der Waals surface area contributed by atoms with E-state index in [9.17, 15) is 4.79 Å². The Morgan fingerprint density at radius 2 is 2.06 bits per heavy atom. The topological polar surface area (TPSA) is 66.6 Å². The molecule has 4 heteroatoms. The Hall–Kier alpha value is -0.610. The number of rotatable bonds is 5. The molecule has 0 aromatic rings. The van der Waals surface area contributed by atoms with E-state index in [4.69, 9.17) is 10.8 Å². The molecule has 1 fully saturated rings. The van der Waals surface area contributed by atoms with Gasteiger partial charge >= 0.3 is 5.97 Å². The fourth-order valence-electron chi connectivity index (χ4n) is 2.63. The van der Waals surface area contributed by atoms with Gasteiger partial charge in [0.25, 0.3) is 0 Å². The van der Waals surface area contributed by atoms with Crippen LogP contribution in [0, 0.1) is 5.92 Å². The van der Waals surface area contributed by atoms with Crippen LogP contribution in [0.1, 0.15) is 46.5 Å². The van der Waals surface area contributed by atoms with Crippen LogP contribution in [0.25, 0.3) is 0 Å². The summed E-state index contributed by atoms with van der Waals surface area (Å²) in [7, 11) is 0. The predicted molar refractivity (Wildman–Crippen MR) is 68.9 cm³/mol. The molecule has 0 aromatic carbocycles. The summed E-state index contributed by atoms with van der Waals surface area (Å²) in [5.41, 5.74) is 4.68.